The van der Waals surface area contributed by atoms with Crippen LogP contribution in [0.4, 0.5) is 0 Å². The highest BCUT2D eigenvalue weighted by molar-refractivity contribution is 5.37. The molecule has 1 N–H and O–H groups in total. The molecule has 3 nitrogen and oxygen atoms in total. The number of rotatable bonds is 2. The van der Waals surface area contributed by atoms with Gasteiger partial charge in [-0.15, -0.1) is 0 Å². The smallest absolute Gasteiger partial charge is 0.0995 e. The quantitative estimate of drug-likeness (QED) is 0.815. The second-order valence-electron chi connectivity index (χ2n) is 4.30. The number of aliphatic hydroxyl groups is 1. The number of likely N-dealkylation sites (tertiary alicyclic amines) is 1. The Morgan fingerprint density at radius 3 is 3.00 bits per heavy atom. The van der Waals surface area contributed by atoms with Crippen molar-refractivity contribution in [2.24, 2.45) is 0 Å². The van der Waals surface area contributed by atoms with Gasteiger partial charge in [-0.3, -0.25) is 4.90 Å². The first-order chi connectivity index (χ1) is 7.79. The van der Waals surface area contributed by atoms with Crippen LogP contribution >= 0.6 is 0 Å². The second-order valence-corrected chi connectivity index (χ2v) is 4.30. The highest BCUT2D eigenvalue weighted by Crippen LogP contribution is 2.15. The normalized spacial score (nSPS) is 21.6. The Labute approximate surface area is 95.9 Å². The molecule has 0 radical (unpaired) electrons. The van der Waals surface area contributed by atoms with E-state index in [0.29, 0.717) is 0 Å². The van der Waals surface area contributed by atoms with Crippen LogP contribution in [-0.4, -0.2) is 29.2 Å². The fraction of sp³-hybridized carbons (Fsp3) is 0.462. The van der Waals surface area contributed by atoms with E-state index < -0.39 is 0 Å². The van der Waals surface area contributed by atoms with E-state index in [1.165, 1.54) is 0 Å². The van der Waals surface area contributed by atoms with Gasteiger partial charge in [0.05, 0.1) is 17.7 Å². The fourth-order valence-corrected chi connectivity index (χ4v) is 2.18. The molecule has 0 amide bonds. The van der Waals surface area contributed by atoms with E-state index in [1.807, 2.05) is 24.3 Å². The molecule has 16 heavy (non-hydrogen) atoms. The van der Waals surface area contributed by atoms with Gasteiger partial charge in [-0.1, -0.05) is 18.2 Å². The summed E-state index contributed by atoms with van der Waals surface area (Å²) in [6.45, 7) is 2.50. The first-order valence-electron chi connectivity index (χ1n) is 5.68. The Bertz CT molecular complexity index is 397. The lowest BCUT2D eigenvalue weighted by molar-refractivity contribution is 0.0668. The average Bonchev–Trinajstić information content (AvgIpc) is 2.30. The zero-order valence-corrected chi connectivity index (χ0v) is 9.26. The van der Waals surface area contributed by atoms with Gasteiger partial charge in [-0.25, -0.2) is 0 Å². The van der Waals surface area contributed by atoms with Gasteiger partial charge in [0.2, 0.25) is 0 Å². The number of nitriles is 1. The molecule has 0 saturated carbocycles. The van der Waals surface area contributed by atoms with Crippen molar-refractivity contribution >= 4 is 0 Å². The number of piperidine rings is 1. The van der Waals surface area contributed by atoms with Crippen molar-refractivity contribution in [1.82, 2.24) is 4.90 Å². The molecule has 1 aromatic carbocycles. The van der Waals surface area contributed by atoms with E-state index in [0.717, 1.165) is 43.6 Å². The van der Waals surface area contributed by atoms with Gasteiger partial charge in [0.25, 0.3) is 0 Å². The van der Waals surface area contributed by atoms with Crippen molar-refractivity contribution in [2.75, 3.05) is 13.1 Å². The molecule has 1 fully saturated rings. The van der Waals surface area contributed by atoms with Gasteiger partial charge in [-0.2, -0.15) is 5.26 Å². The molecule has 0 bridgehead atoms. The summed E-state index contributed by atoms with van der Waals surface area (Å²) in [6, 6.07) is 9.87. The minimum atomic E-state index is -0.206. The number of nitrogens with zero attached hydrogens (tertiary/aromatic N) is 2. The van der Waals surface area contributed by atoms with Crippen LogP contribution in [0.5, 0.6) is 0 Å². The van der Waals surface area contributed by atoms with Crippen molar-refractivity contribution in [3.05, 3.63) is 35.4 Å². The summed E-state index contributed by atoms with van der Waals surface area (Å²) in [5.74, 6) is 0. The zero-order chi connectivity index (χ0) is 11.4. The van der Waals surface area contributed by atoms with Gasteiger partial charge in [0.15, 0.2) is 0 Å². The maximum atomic E-state index is 9.58. The second kappa shape index (κ2) is 5.11. The lowest BCUT2D eigenvalue weighted by atomic mass is 10.0. The van der Waals surface area contributed by atoms with Crippen molar-refractivity contribution < 1.29 is 5.11 Å². The Hall–Kier alpha value is -1.37. The van der Waals surface area contributed by atoms with Crippen LogP contribution < -0.4 is 0 Å². The van der Waals surface area contributed by atoms with E-state index in [2.05, 4.69) is 11.0 Å². The summed E-state index contributed by atoms with van der Waals surface area (Å²) in [5, 5.41) is 18.6. The van der Waals surface area contributed by atoms with Gasteiger partial charge in [-0.05, 0) is 31.0 Å². The maximum Gasteiger partial charge on any atom is 0.0995 e. The van der Waals surface area contributed by atoms with E-state index in [4.69, 9.17) is 5.26 Å². The lowest BCUT2D eigenvalue weighted by Crippen LogP contribution is -2.37. The molecule has 1 heterocycles. The predicted octanol–water partition coefficient (Wildman–Crippen LogP) is 1.51. The third-order valence-corrected chi connectivity index (χ3v) is 3.01. The summed E-state index contributed by atoms with van der Waals surface area (Å²) in [5.41, 5.74) is 1.79. The summed E-state index contributed by atoms with van der Waals surface area (Å²) >= 11 is 0. The zero-order valence-electron chi connectivity index (χ0n) is 9.26. The lowest BCUT2D eigenvalue weighted by Gasteiger charge is -2.30. The topological polar surface area (TPSA) is 47.3 Å². The predicted molar refractivity (Wildman–Crippen MR) is 61.7 cm³/mol. The largest absolute Gasteiger partial charge is 0.392 e. The van der Waals surface area contributed by atoms with Crippen molar-refractivity contribution in [1.29, 1.82) is 5.26 Å². The Morgan fingerprint density at radius 1 is 1.44 bits per heavy atom. The molecule has 0 unspecified atom stereocenters. The van der Waals surface area contributed by atoms with E-state index in [-0.39, 0.29) is 6.10 Å². The molecule has 84 valence electrons. The summed E-state index contributed by atoms with van der Waals surface area (Å²) in [6.07, 6.45) is 1.73. The third kappa shape index (κ3) is 2.60. The van der Waals surface area contributed by atoms with Crippen molar-refractivity contribution in [3.8, 4) is 6.07 Å². The Kier molecular flexibility index (Phi) is 3.55. The van der Waals surface area contributed by atoms with Crippen LogP contribution in [0.2, 0.25) is 0 Å². The van der Waals surface area contributed by atoms with Crippen LogP contribution in [0.25, 0.3) is 0 Å². The highest BCUT2D eigenvalue weighted by atomic mass is 16.3. The molecule has 1 saturated heterocycles. The first-order valence-corrected chi connectivity index (χ1v) is 5.68. The Balaban J connectivity index is 2.06. The van der Waals surface area contributed by atoms with Crippen molar-refractivity contribution in [3.63, 3.8) is 0 Å². The standard InChI is InChI=1S/C13H16N2O/c14-8-11-4-1-2-5-12(11)9-15-7-3-6-13(16)10-15/h1-2,4-5,13,16H,3,6-7,9-10H2/t13-/m0/s1. The molecular formula is C13H16N2O. The van der Waals surface area contributed by atoms with E-state index in [9.17, 15) is 5.11 Å². The number of benzene rings is 1. The molecule has 1 aromatic rings. The van der Waals surface area contributed by atoms with Crippen LogP contribution in [0.1, 0.15) is 24.0 Å². The number of β-amino-alcohol motifs (C(OH)–C–C–N with tert-alkyl or cyclic N) is 1. The molecule has 0 spiro atoms. The SMILES string of the molecule is N#Cc1ccccc1CN1CCC[C@H](O)C1. The first kappa shape index (κ1) is 11.1. The maximum absolute atomic E-state index is 9.58. The van der Waals surface area contributed by atoms with Crippen LogP contribution in [0, 0.1) is 11.3 Å². The van der Waals surface area contributed by atoms with Gasteiger partial charge in [0.1, 0.15) is 0 Å². The molecule has 2 rings (SSSR count). The number of hydrogen-bond acceptors (Lipinski definition) is 3. The van der Waals surface area contributed by atoms with Crippen molar-refractivity contribution in [2.45, 2.75) is 25.5 Å². The summed E-state index contributed by atoms with van der Waals surface area (Å²) < 4.78 is 0. The molecule has 1 aliphatic heterocycles. The number of hydrogen-bond donors (Lipinski definition) is 1. The van der Waals surface area contributed by atoms with Crippen LogP contribution in [0.15, 0.2) is 24.3 Å². The third-order valence-electron chi connectivity index (χ3n) is 3.01. The fourth-order valence-electron chi connectivity index (χ4n) is 2.18. The molecular weight excluding hydrogens is 200 g/mol. The van der Waals surface area contributed by atoms with Crippen LogP contribution in [0.3, 0.4) is 0 Å². The van der Waals surface area contributed by atoms with Gasteiger partial charge < -0.3 is 5.11 Å². The van der Waals surface area contributed by atoms with Crippen LogP contribution in [-0.2, 0) is 6.54 Å². The number of aliphatic hydroxyl groups excluding tert-OH is 1. The summed E-state index contributed by atoms with van der Waals surface area (Å²) in [7, 11) is 0. The summed E-state index contributed by atoms with van der Waals surface area (Å²) in [4.78, 5) is 2.21. The molecule has 1 atom stereocenters. The highest BCUT2D eigenvalue weighted by Gasteiger charge is 2.18. The van der Waals surface area contributed by atoms with Gasteiger partial charge >= 0.3 is 0 Å². The van der Waals surface area contributed by atoms with Gasteiger partial charge in [0, 0.05) is 13.1 Å². The minimum absolute atomic E-state index is 0.206. The van der Waals surface area contributed by atoms with E-state index >= 15 is 0 Å². The van der Waals surface area contributed by atoms with E-state index in [1.54, 1.807) is 0 Å². The molecule has 0 aliphatic carbocycles. The monoisotopic (exact) mass is 216 g/mol. The molecule has 3 heteroatoms. The molecule has 0 aromatic heterocycles. The average molecular weight is 216 g/mol. The minimum Gasteiger partial charge on any atom is -0.392 e. The Morgan fingerprint density at radius 2 is 2.25 bits per heavy atom. The molecule has 1 aliphatic rings.